The average Bonchev–Trinajstić information content (AvgIpc) is 2.52. The number of hydrogen-bond acceptors (Lipinski definition) is 3. The molecule has 1 heterocycles. The van der Waals surface area contributed by atoms with E-state index in [2.05, 4.69) is 42.2 Å². The summed E-state index contributed by atoms with van der Waals surface area (Å²) in [6, 6.07) is 14.2. The summed E-state index contributed by atoms with van der Waals surface area (Å²) in [5.41, 5.74) is 3.03. The summed E-state index contributed by atoms with van der Waals surface area (Å²) in [5.74, 6) is 0.844. The van der Waals surface area contributed by atoms with Gasteiger partial charge >= 0.3 is 0 Å². The monoisotopic (exact) mass is 332 g/mol. The molecule has 0 aliphatic carbocycles. The molecule has 0 atom stereocenters. The molecule has 0 spiro atoms. The Morgan fingerprint density at radius 1 is 1.04 bits per heavy atom. The third-order valence-corrected chi connectivity index (χ3v) is 3.27. The van der Waals surface area contributed by atoms with Gasteiger partial charge in [-0.15, -0.1) is 12.4 Å². The fourth-order valence-corrected chi connectivity index (χ4v) is 2.11. The Morgan fingerprint density at radius 3 is 2.48 bits per heavy atom. The molecule has 2 rings (SSSR count). The number of nitrogens with zero attached hydrogens (tertiary/aromatic N) is 2. The Balaban J connectivity index is 0.00000264. The Hall–Kier alpha value is -1.84. The first-order valence-electron chi connectivity index (χ1n) is 7.63. The molecule has 0 fully saturated rings. The van der Waals surface area contributed by atoms with Gasteiger partial charge in [0.1, 0.15) is 11.4 Å². The topological polar surface area (TPSA) is 25.4 Å². The summed E-state index contributed by atoms with van der Waals surface area (Å²) >= 11 is 0. The van der Waals surface area contributed by atoms with Gasteiger partial charge in [-0.25, -0.2) is 4.98 Å². The van der Waals surface area contributed by atoms with Crippen LogP contribution in [0.1, 0.15) is 23.4 Å². The van der Waals surface area contributed by atoms with E-state index < -0.39 is 0 Å². The zero-order chi connectivity index (χ0) is 15.8. The van der Waals surface area contributed by atoms with Crippen molar-refractivity contribution in [1.82, 2.24) is 9.88 Å². The molecule has 1 aromatic heterocycles. The molecule has 0 saturated heterocycles. The van der Waals surface area contributed by atoms with E-state index >= 15 is 0 Å². The van der Waals surface area contributed by atoms with E-state index in [0.717, 1.165) is 35.7 Å². The van der Waals surface area contributed by atoms with Gasteiger partial charge in [-0.2, -0.15) is 0 Å². The fraction of sp³-hybridized carbons (Fsp3) is 0.316. The van der Waals surface area contributed by atoms with Crippen molar-refractivity contribution in [1.29, 1.82) is 0 Å². The zero-order valence-corrected chi connectivity index (χ0v) is 14.8. The molecule has 2 aromatic rings. The van der Waals surface area contributed by atoms with Crippen LogP contribution in [0, 0.1) is 6.92 Å². The Labute approximate surface area is 145 Å². The van der Waals surface area contributed by atoms with Gasteiger partial charge in [-0.3, -0.25) is 0 Å². The lowest BCUT2D eigenvalue weighted by Crippen LogP contribution is -2.15. The van der Waals surface area contributed by atoms with Crippen molar-refractivity contribution in [2.24, 2.45) is 0 Å². The highest BCUT2D eigenvalue weighted by molar-refractivity contribution is 5.85. The quantitative estimate of drug-likeness (QED) is 0.706. The maximum absolute atomic E-state index is 5.89. The zero-order valence-electron chi connectivity index (χ0n) is 14.0. The molecule has 1 aromatic carbocycles. The number of aromatic nitrogens is 1. The predicted octanol–water partition coefficient (Wildman–Crippen LogP) is 4.31. The second-order valence-corrected chi connectivity index (χ2v) is 5.59. The highest BCUT2D eigenvalue weighted by atomic mass is 35.5. The molecule has 0 aliphatic heterocycles. The second kappa shape index (κ2) is 10.0. The molecule has 3 nitrogen and oxygen atoms in total. The smallest absolute Gasteiger partial charge is 0.144 e. The number of pyridine rings is 1. The van der Waals surface area contributed by atoms with Crippen molar-refractivity contribution in [3.63, 3.8) is 0 Å². The van der Waals surface area contributed by atoms with E-state index in [-0.39, 0.29) is 12.4 Å². The maximum atomic E-state index is 5.89. The normalized spacial score (nSPS) is 10.8. The molecule has 0 N–H and O–H groups in total. The minimum Gasteiger partial charge on any atom is -0.491 e. The number of halogens is 1. The summed E-state index contributed by atoms with van der Waals surface area (Å²) in [5, 5.41) is 0. The fourth-order valence-electron chi connectivity index (χ4n) is 2.11. The molecule has 4 heteroatoms. The summed E-state index contributed by atoms with van der Waals surface area (Å²) in [4.78, 5) is 6.74. The summed E-state index contributed by atoms with van der Waals surface area (Å²) in [6.07, 6.45) is 5.08. The van der Waals surface area contributed by atoms with Crippen LogP contribution in [-0.2, 0) is 0 Å². The lowest BCUT2D eigenvalue weighted by atomic mass is 10.2. The van der Waals surface area contributed by atoms with Gasteiger partial charge in [0.2, 0.25) is 0 Å². The lowest BCUT2D eigenvalue weighted by molar-refractivity contribution is 0.280. The first-order valence-corrected chi connectivity index (χ1v) is 7.63. The van der Waals surface area contributed by atoms with Crippen LogP contribution in [0.25, 0.3) is 12.2 Å². The lowest BCUT2D eigenvalue weighted by Gasteiger charge is -2.12. The number of aryl methyl sites for hydroxylation is 1. The third kappa shape index (κ3) is 6.85. The number of ether oxygens (including phenoxy) is 1. The Morgan fingerprint density at radius 2 is 1.78 bits per heavy atom. The minimum absolute atomic E-state index is 0. The van der Waals surface area contributed by atoms with Crippen molar-refractivity contribution >= 4 is 24.6 Å². The standard InChI is InChI=1S/C19H24N2O.ClH/c1-16-10-13-19(22-15-7-14-21(2)3)18(20-16)12-11-17-8-5-4-6-9-17;/h4-6,8-13H,7,14-15H2,1-3H3;1H. The molecule has 0 bridgehead atoms. The molecule has 0 saturated carbocycles. The second-order valence-electron chi connectivity index (χ2n) is 5.59. The third-order valence-electron chi connectivity index (χ3n) is 3.27. The predicted molar refractivity (Wildman–Crippen MR) is 100 cm³/mol. The van der Waals surface area contributed by atoms with Crippen molar-refractivity contribution in [2.75, 3.05) is 27.2 Å². The molecule has 0 unspecified atom stereocenters. The van der Waals surface area contributed by atoms with Crippen molar-refractivity contribution in [3.05, 3.63) is 59.4 Å². The first-order chi connectivity index (χ1) is 10.6. The van der Waals surface area contributed by atoms with E-state index in [1.165, 1.54) is 0 Å². The first kappa shape index (κ1) is 19.2. The van der Waals surface area contributed by atoms with E-state index in [4.69, 9.17) is 4.74 Å². The van der Waals surface area contributed by atoms with Crippen molar-refractivity contribution in [2.45, 2.75) is 13.3 Å². The van der Waals surface area contributed by atoms with E-state index in [1.54, 1.807) is 0 Å². The maximum Gasteiger partial charge on any atom is 0.144 e. The number of hydrogen-bond donors (Lipinski definition) is 0. The van der Waals surface area contributed by atoms with Crippen LogP contribution in [0.4, 0.5) is 0 Å². The van der Waals surface area contributed by atoms with Gasteiger partial charge in [0, 0.05) is 12.2 Å². The molecule has 0 aliphatic rings. The van der Waals surface area contributed by atoms with Gasteiger partial charge in [0.05, 0.1) is 6.61 Å². The van der Waals surface area contributed by atoms with Crippen LogP contribution < -0.4 is 4.74 Å². The minimum atomic E-state index is 0. The van der Waals surface area contributed by atoms with Crippen molar-refractivity contribution in [3.8, 4) is 5.75 Å². The Kier molecular flexibility index (Phi) is 8.38. The van der Waals surface area contributed by atoms with Gasteiger partial charge in [-0.1, -0.05) is 36.4 Å². The van der Waals surface area contributed by atoms with Gasteiger partial charge in [-0.05, 0) is 51.2 Å². The molecular weight excluding hydrogens is 308 g/mol. The molecule has 0 radical (unpaired) electrons. The van der Waals surface area contributed by atoms with Crippen LogP contribution >= 0.6 is 12.4 Å². The average molecular weight is 333 g/mol. The van der Waals surface area contributed by atoms with E-state index in [0.29, 0.717) is 6.61 Å². The molecule has 0 amide bonds. The highest BCUT2D eigenvalue weighted by Crippen LogP contribution is 2.20. The largest absolute Gasteiger partial charge is 0.491 e. The van der Waals surface area contributed by atoms with Crippen LogP contribution in [0.2, 0.25) is 0 Å². The van der Waals surface area contributed by atoms with Crippen LogP contribution in [0.5, 0.6) is 5.75 Å². The van der Waals surface area contributed by atoms with Crippen LogP contribution in [0.3, 0.4) is 0 Å². The van der Waals surface area contributed by atoms with E-state index in [1.807, 2.05) is 43.3 Å². The van der Waals surface area contributed by atoms with Crippen LogP contribution in [-0.4, -0.2) is 37.1 Å². The molecule has 23 heavy (non-hydrogen) atoms. The van der Waals surface area contributed by atoms with Gasteiger partial charge in [0.25, 0.3) is 0 Å². The van der Waals surface area contributed by atoms with Crippen LogP contribution in [0.15, 0.2) is 42.5 Å². The summed E-state index contributed by atoms with van der Waals surface area (Å²) < 4.78 is 5.89. The highest BCUT2D eigenvalue weighted by Gasteiger charge is 2.03. The number of benzene rings is 1. The Bertz CT molecular complexity index is 612. The number of rotatable bonds is 7. The van der Waals surface area contributed by atoms with Crippen molar-refractivity contribution < 1.29 is 4.74 Å². The molecular formula is C19H25ClN2O. The summed E-state index contributed by atoms with van der Waals surface area (Å²) in [7, 11) is 4.14. The van der Waals surface area contributed by atoms with Gasteiger partial charge < -0.3 is 9.64 Å². The van der Waals surface area contributed by atoms with Gasteiger partial charge in [0.15, 0.2) is 0 Å². The SMILES string of the molecule is Cc1ccc(OCCCN(C)C)c(C=Cc2ccccc2)n1.Cl. The summed E-state index contributed by atoms with van der Waals surface area (Å²) in [6.45, 7) is 3.72. The molecule has 124 valence electrons. The van der Waals surface area contributed by atoms with E-state index in [9.17, 15) is 0 Å².